The lowest BCUT2D eigenvalue weighted by Gasteiger charge is -2.26. The zero-order valence-corrected chi connectivity index (χ0v) is 18.0. The van der Waals surface area contributed by atoms with Gasteiger partial charge in [0, 0.05) is 18.8 Å². The number of hydrogen-bond acceptors (Lipinski definition) is 5. The monoisotopic (exact) mass is 438 g/mol. The summed E-state index contributed by atoms with van der Waals surface area (Å²) in [5, 5.41) is 0. The highest BCUT2D eigenvalue weighted by Gasteiger charge is 2.26. The molecule has 1 aliphatic rings. The molecule has 0 saturated carbocycles. The van der Waals surface area contributed by atoms with Crippen LogP contribution in [0.2, 0.25) is 0 Å². The lowest BCUT2D eigenvalue weighted by molar-refractivity contribution is 0.0730. The molecule has 1 saturated heterocycles. The molecule has 0 bridgehead atoms. The largest absolute Gasteiger partial charge is 0.379 e. The number of rotatable bonds is 8. The normalized spacial score (nSPS) is 15.9. The molecule has 0 atom stereocenters. The number of morpholine rings is 1. The van der Waals surface area contributed by atoms with Crippen LogP contribution in [0.25, 0.3) is 0 Å². The Morgan fingerprint density at radius 2 is 1.48 bits per heavy atom. The van der Waals surface area contributed by atoms with E-state index in [1.807, 2.05) is 12.1 Å². The van der Waals surface area contributed by atoms with Gasteiger partial charge in [0.1, 0.15) is 0 Å². The van der Waals surface area contributed by atoms with Crippen molar-refractivity contribution in [1.29, 1.82) is 0 Å². The Balaban J connectivity index is 1.72. The molecule has 2 aromatic rings. The number of unbranched alkanes of at least 4 members (excludes halogenated alkanes) is 1. The summed E-state index contributed by atoms with van der Waals surface area (Å²) in [4.78, 5) is 0.0760. The van der Waals surface area contributed by atoms with E-state index >= 15 is 0 Å². The van der Waals surface area contributed by atoms with Crippen LogP contribution in [0.5, 0.6) is 0 Å². The number of nitrogens with one attached hydrogen (secondary N) is 1. The number of sulfonamides is 2. The summed E-state index contributed by atoms with van der Waals surface area (Å²) in [5.41, 5.74) is 1.63. The summed E-state index contributed by atoms with van der Waals surface area (Å²) in [6, 6.07) is 12.6. The molecule has 9 heteroatoms. The Morgan fingerprint density at radius 3 is 2.07 bits per heavy atom. The van der Waals surface area contributed by atoms with Crippen LogP contribution < -0.4 is 4.72 Å². The standard InChI is InChI=1S/C20H26N2O5S2/c1-2-3-4-17-5-7-18(8-6-17)21-28(23,24)19-9-11-20(12-10-19)29(25,26)22-13-15-27-16-14-22/h5-12,21H,2-4,13-16H2,1H3. The lowest BCUT2D eigenvalue weighted by atomic mass is 10.1. The molecule has 7 nitrogen and oxygen atoms in total. The van der Waals surface area contributed by atoms with Gasteiger partial charge in [-0.1, -0.05) is 25.5 Å². The molecule has 0 spiro atoms. The highest BCUT2D eigenvalue weighted by molar-refractivity contribution is 7.92. The van der Waals surface area contributed by atoms with Crippen LogP contribution in [0.4, 0.5) is 5.69 Å². The van der Waals surface area contributed by atoms with Gasteiger partial charge >= 0.3 is 0 Å². The minimum absolute atomic E-state index is 0.00786. The van der Waals surface area contributed by atoms with E-state index in [1.54, 1.807) is 12.1 Å². The maximum absolute atomic E-state index is 12.7. The predicted octanol–water partition coefficient (Wildman–Crippen LogP) is 2.85. The summed E-state index contributed by atoms with van der Waals surface area (Å²) in [5.74, 6) is 0. The van der Waals surface area contributed by atoms with Crippen LogP contribution in [-0.2, 0) is 31.2 Å². The Hall–Kier alpha value is -1.94. The van der Waals surface area contributed by atoms with Crippen molar-refractivity contribution >= 4 is 25.7 Å². The van der Waals surface area contributed by atoms with Crippen LogP contribution >= 0.6 is 0 Å². The fourth-order valence-corrected chi connectivity index (χ4v) is 5.53. The summed E-state index contributed by atoms with van der Waals surface area (Å²) >= 11 is 0. The van der Waals surface area contributed by atoms with Crippen LogP contribution in [0, 0.1) is 0 Å². The Bertz CT molecular complexity index is 1010. The molecule has 0 aliphatic carbocycles. The number of ether oxygens (including phenoxy) is 1. The molecule has 0 amide bonds. The molecule has 1 aliphatic heterocycles. The zero-order valence-electron chi connectivity index (χ0n) is 16.4. The van der Waals surface area contributed by atoms with Crippen molar-refractivity contribution in [1.82, 2.24) is 4.31 Å². The fraction of sp³-hybridized carbons (Fsp3) is 0.400. The summed E-state index contributed by atoms with van der Waals surface area (Å²) < 4.78 is 59.6. The summed E-state index contributed by atoms with van der Waals surface area (Å²) in [6.07, 6.45) is 3.15. The number of benzene rings is 2. The lowest BCUT2D eigenvalue weighted by Crippen LogP contribution is -2.40. The van der Waals surface area contributed by atoms with E-state index in [0.29, 0.717) is 18.9 Å². The van der Waals surface area contributed by atoms with Gasteiger partial charge in [0.15, 0.2) is 0 Å². The quantitative estimate of drug-likeness (QED) is 0.684. The zero-order chi connectivity index (χ0) is 20.9. The molecule has 29 heavy (non-hydrogen) atoms. The number of hydrogen-bond donors (Lipinski definition) is 1. The molecular formula is C20H26N2O5S2. The second-order valence-electron chi connectivity index (χ2n) is 6.89. The molecule has 158 valence electrons. The van der Waals surface area contributed by atoms with Gasteiger partial charge in [0.2, 0.25) is 10.0 Å². The van der Waals surface area contributed by atoms with E-state index in [4.69, 9.17) is 4.74 Å². The maximum atomic E-state index is 12.7. The first kappa shape index (κ1) is 21.8. The minimum atomic E-state index is -3.81. The second-order valence-corrected chi connectivity index (χ2v) is 10.5. The van der Waals surface area contributed by atoms with Crippen molar-refractivity contribution in [2.45, 2.75) is 36.0 Å². The number of anilines is 1. The molecule has 1 fully saturated rings. The van der Waals surface area contributed by atoms with Crippen molar-refractivity contribution in [2.24, 2.45) is 0 Å². The van der Waals surface area contributed by atoms with Gasteiger partial charge in [0.25, 0.3) is 10.0 Å². The minimum Gasteiger partial charge on any atom is -0.379 e. The average Bonchev–Trinajstić information content (AvgIpc) is 2.74. The topological polar surface area (TPSA) is 92.8 Å². The molecule has 1 N–H and O–H groups in total. The Morgan fingerprint density at radius 1 is 0.897 bits per heavy atom. The third-order valence-corrected chi connectivity index (χ3v) is 8.08. The van der Waals surface area contributed by atoms with Gasteiger partial charge in [-0.2, -0.15) is 4.31 Å². The van der Waals surface area contributed by atoms with Crippen molar-refractivity contribution in [2.75, 3.05) is 31.0 Å². The third kappa shape index (κ3) is 5.36. The van der Waals surface area contributed by atoms with E-state index < -0.39 is 20.0 Å². The fourth-order valence-electron chi connectivity index (χ4n) is 3.06. The SMILES string of the molecule is CCCCc1ccc(NS(=O)(=O)c2ccc(S(=O)(=O)N3CCOCC3)cc2)cc1. The highest BCUT2D eigenvalue weighted by atomic mass is 32.2. The van der Waals surface area contributed by atoms with E-state index in [-0.39, 0.29) is 22.9 Å². The molecular weight excluding hydrogens is 412 g/mol. The summed E-state index contributed by atoms with van der Waals surface area (Å²) in [7, 11) is -7.47. The maximum Gasteiger partial charge on any atom is 0.261 e. The van der Waals surface area contributed by atoms with Gasteiger partial charge < -0.3 is 4.74 Å². The Kier molecular flexibility index (Phi) is 6.94. The molecule has 3 rings (SSSR count). The predicted molar refractivity (Wildman–Crippen MR) is 112 cm³/mol. The van der Waals surface area contributed by atoms with Gasteiger partial charge in [0.05, 0.1) is 23.0 Å². The van der Waals surface area contributed by atoms with Crippen LogP contribution in [0.1, 0.15) is 25.3 Å². The third-order valence-electron chi connectivity index (χ3n) is 4.77. The molecule has 1 heterocycles. The van der Waals surface area contributed by atoms with Crippen molar-refractivity contribution in [3.8, 4) is 0 Å². The van der Waals surface area contributed by atoms with Crippen LogP contribution in [-0.4, -0.2) is 47.4 Å². The van der Waals surface area contributed by atoms with Crippen LogP contribution in [0.15, 0.2) is 58.3 Å². The van der Waals surface area contributed by atoms with E-state index in [0.717, 1.165) is 24.8 Å². The van der Waals surface area contributed by atoms with Crippen molar-refractivity contribution in [3.05, 3.63) is 54.1 Å². The van der Waals surface area contributed by atoms with Crippen molar-refractivity contribution in [3.63, 3.8) is 0 Å². The molecule has 0 radical (unpaired) electrons. The van der Waals surface area contributed by atoms with E-state index in [9.17, 15) is 16.8 Å². The van der Waals surface area contributed by atoms with E-state index in [2.05, 4.69) is 11.6 Å². The first-order valence-corrected chi connectivity index (χ1v) is 12.5. The number of nitrogens with zero attached hydrogens (tertiary/aromatic N) is 1. The molecule has 0 unspecified atom stereocenters. The van der Waals surface area contributed by atoms with Gasteiger partial charge in [-0.15, -0.1) is 0 Å². The highest BCUT2D eigenvalue weighted by Crippen LogP contribution is 2.21. The van der Waals surface area contributed by atoms with E-state index in [1.165, 1.54) is 28.6 Å². The molecule has 0 aromatic heterocycles. The van der Waals surface area contributed by atoms with Crippen LogP contribution in [0.3, 0.4) is 0 Å². The van der Waals surface area contributed by atoms with Gasteiger partial charge in [-0.25, -0.2) is 16.8 Å². The first-order valence-electron chi connectivity index (χ1n) is 9.62. The smallest absolute Gasteiger partial charge is 0.261 e. The van der Waals surface area contributed by atoms with Gasteiger partial charge in [-0.05, 0) is 54.8 Å². The first-order chi connectivity index (χ1) is 13.8. The Labute approximate surface area is 172 Å². The molecule has 2 aromatic carbocycles. The van der Waals surface area contributed by atoms with Gasteiger partial charge in [-0.3, -0.25) is 4.72 Å². The average molecular weight is 439 g/mol. The number of aryl methyl sites for hydroxylation is 1. The second kappa shape index (κ2) is 9.25. The summed E-state index contributed by atoms with van der Waals surface area (Å²) in [6.45, 7) is 3.41. The van der Waals surface area contributed by atoms with Crippen molar-refractivity contribution < 1.29 is 21.6 Å².